The molecule has 1 atom stereocenters. The summed E-state index contributed by atoms with van der Waals surface area (Å²) < 4.78 is 0. The van der Waals surface area contributed by atoms with E-state index >= 15 is 0 Å². The summed E-state index contributed by atoms with van der Waals surface area (Å²) in [7, 11) is 0. The summed E-state index contributed by atoms with van der Waals surface area (Å²) in [6.07, 6.45) is 4.16. The molecule has 1 aliphatic carbocycles. The van der Waals surface area contributed by atoms with Gasteiger partial charge in [-0.2, -0.15) is 0 Å². The van der Waals surface area contributed by atoms with Gasteiger partial charge < -0.3 is 10.0 Å². The van der Waals surface area contributed by atoms with Gasteiger partial charge in [-0.05, 0) is 39.5 Å². The van der Waals surface area contributed by atoms with E-state index in [2.05, 4.69) is 4.98 Å². The molecule has 4 nitrogen and oxygen atoms in total. The van der Waals surface area contributed by atoms with Crippen LogP contribution in [0.15, 0.2) is 5.51 Å². The van der Waals surface area contributed by atoms with Crippen molar-refractivity contribution in [2.24, 2.45) is 0 Å². The summed E-state index contributed by atoms with van der Waals surface area (Å²) in [5, 5.41) is 10.2. The number of hydrogen-bond donors (Lipinski definition) is 1. The molecule has 2 heterocycles. The van der Waals surface area contributed by atoms with Crippen molar-refractivity contribution in [1.82, 2.24) is 9.88 Å². The molecular weight excluding hydrogens is 260 g/mol. The predicted octanol–water partition coefficient (Wildman–Crippen LogP) is 2.40. The smallest absolute Gasteiger partial charge is 0.266 e. The van der Waals surface area contributed by atoms with Crippen LogP contribution in [0, 0.1) is 0 Å². The highest BCUT2D eigenvalue weighted by atomic mass is 32.1. The summed E-state index contributed by atoms with van der Waals surface area (Å²) in [6.45, 7) is 4.32. The third-order valence-corrected chi connectivity index (χ3v) is 4.91. The highest BCUT2D eigenvalue weighted by Gasteiger charge is 2.41. The van der Waals surface area contributed by atoms with Gasteiger partial charge in [-0.3, -0.25) is 4.79 Å². The molecule has 5 heteroatoms. The van der Waals surface area contributed by atoms with Gasteiger partial charge in [0.15, 0.2) is 0 Å². The van der Waals surface area contributed by atoms with Gasteiger partial charge in [0, 0.05) is 12.5 Å². The van der Waals surface area contributed by atoms with Gasteiger partial charge in [-0.15, -0.1) is 11.3 Å². The molecule has 1 aromatic rings. The minimum atomic E-state index is -0.837. The molecule has 2 fully saturated rings. The third kappa shape index (κ3) is 2.41. The van der Waals surface area contributed by atoms with Crippen LogP contribution in [0.4, 0.5) is 0 Å². The molecule has 0 radical (unpaired) electrons. The quantitative estimate of drug-likeness (QED) is 0.925. The Balaban J connectivity index is 1.85. The maximum atomic E-state index is 12.7. The van der Waals surface area contributed by atoms with Crippen molar-refractivity contribution in [2.75, 3.05) is 6.54 Å². The van der Waals surface area contributed by atoms with Crippen LogP contribution in [-0.4, -0.2) is 39.1 Å². The van der Waals surface area contributed by atoms with Gasteiger partial charge in [0.05, 0.1) is 22.8 Å². The number of aromatic nitrogens is 1. The van der Waals surface area contributed by atoms with E-state index in [-0.39, 0.29) is 11.9 Å². The lowest BCUT2D eigenvalue weighted by molar-refractivity contribution is 0.000467. The van der Waals surface area contributed by atoms with E-state index in [1.165, 1.54) is 11.3 Å². The van der Waals surface area contributed by atoms with E-state index < -0.39 is 5.60 Å². The van der Waals surface area contributed by atoms with Gasteiger partial charge in [-0.1, -0.05) is 0 Å². The molecule has 1 aromatic heterocycles. The summed E-state index contributed by atoms with van der Waals surface area (Å²) >= 11 is 1.44. The standard InChI is InChI=1S/C14H20N2O2S/c1-14(2,18)10-4-3-7-16(10)13(17)12-11(9-5-6-9)15-8-19-12/h8-10,18H,3-7H2,1-2H3. The average Bonchev–Trinajstić information content (AvgIpc) is 2.91. The lowest BCUT2D eigenvalue weighted by Gasteiger charge is -2.33. The van der Waals surface area contributed by atoms with Crippen LogP contribution in [-0.2, 0) is 0 Å². The minimum Gasteiger partial charge on any atom is -0.388 e. The maximum Gasteiger partial charge on any atom is 0.266 e. The van der Waals surface area contributed by atoms with Crippen LogP contribution >= 0.6 is 11.3 Å². The van der Waals surface area contributed by atoms with Crippen LogP contribution in [0.5, 0.6) is 0 Å². The van der Waals surface area contributed by atoms with Gasteiger partial charge in [0.25, 0.3) is 5.91 Å². The molecule has 1 unspecified atom stereocenters. The van der Waals surface area contributed by atoms with Gasteiger partial charge >= 0.3 is 0 Å². The first-order valence-electron chi connectivity index (χ1n) is 6.95. The van der Waals surface area contributed by atoms with Crippen molar-refractivity contribution < 1.29 is 9.90 Å². The number of likely N-dealkylation sites (tertiary alicyclic amines) is 1. The SMILES string of the molecule is CC(C)(O)C1CCCN1C(=O)c1scnc1C1CC1. The first-order chi connectivity index (χ1) is 8.98. The van der Waals surface area contributed by atoms with Crippen molar-refractivity contribution in [2.45, 2.75) is 57.1 Å². The second-order valence-corrected chi connectivity index (χ2v) is 7.01. The average molecular weight is 280 g/mol. The number of carbonyl (C=O) groups excluding carboxylic acids is 1. The molecule has 1 aliphatic heterocycles. The Bertz CT molecular complexity index is 488. The minimum absolute atomic E-state index is 0.0639. The second-order valence-electron chi connectivity index (χ2n) is 6.15. The number of amides is 1. The van der Waals surface area contributed by atoms with Crippen LogP contribution < -0.4 is 0 Å². The monoisotopic (exact) mass is 280 g/mol. The lowest BCUT2D eigenvalue weighted by atomic mass is 9.96. The van der Waals surface area contributed by atoms with Gasteiger partial charge in [-0.25, -0.2) is 4.98 Å². The van der Waals surface area contributed by atoms with Gasteiger partial charge in [0.1, 0.15) is 4.88 Å². The summed E-state index contributed by atoms with van der Waals surface area (Å²) in [5.74, 6) is 0.558. The molecule has 0 spiro atoms. The van der Waals surface area contributed by atoms with Crippen molar-refractivity contribution in [3.8, 4) is 0 Å². The predicted molar refractivity (Wildman–Crippen MR) is 74.4 cm³/mol. The Labute approximate surface area is 117 Å². The van der Waals surface area contributed by atoms with Crippen molar-refractivity contribution in [3.63, 3.8) is 0 Å². The highest BCUT2D eigenvalue weighted by molar-refractivity contribution is 7.11. The fourth-order valence-electron chi connectivity index (χ4n) is 2.94. The van der Waals surface area contributed by atoms with E-state index in [1.54, 1.807) is 19.4 Å². The van der Waals surface area contributed by atoms with E-state index in [0.29, 0.717) is 5.92 Å². The van der Waals surface area contributed by atoms with Crippen molar-refractivity contribution in [1.29, 1.82) is 0 Å². The maximum absolute atomic E-state index is 12.7. The van der Waals surface area contributed by atoms with Crippen LogP contribution in [0.2, 0.25) is 0 Å². The third-order valence-electron chi connectivity index (χ3n) is 4.08. The topological polar surface area (TPSA) is 53.4 Å². The number of carbonyl (C=O) groups is 1. The zero-order valence-electron chi connectivity index (χ0n) is 11.4. The number of rotatable bonds is 3. The molecule has 1 saturated carbocycles. The molecule has 104 valence electrons. The van der Waals surface area contributed by atoms with E-state index in [4.69, 9.17) is 0 Å². The Morgan fingerprint density at radius 2 is 2.21 bits per heavy atom. The first-order valence-corrected chi connectivity index (χ1v) is 7.83. The molecule has 0 aromatic carbocycles. The van der Waals surface area contributed by atoms with Crippen LogP contribution in [0.25, 0.3) is 0 Å². The highest BCUT2D eigenvalue weighted by Crippen LogP contribution is 2.42. The number of aliphatic hydroxyl groups is 1. The Morgan fingerprint density at radius 3 is 2.84 bits per heavy atom. The molecule has 19 heavy (non-hydrogen) atoms. The zero-order chi connectivity index (χ0) is 13.6. The number of thiazole rings is 1. The first kappa shape index (κ1) is 13.1. The number of hydrogen-bond acceptors (Lipinski definition) is 4. The van der Waals surface area contributed by atoms with E-state index in [1.807, 2.05) is 4.90 Å². The number of nitrogens with zero attached hydrogens (tertiary/aromatic N) is 2. The van der Waals surface area contributed by atoms with E-state index in [9.17, 15) is 9.90 Å². The summed E-state index contributed by atoms with van der Waals surface area (Å²) in [4.78, 5) is 19.7. The molecule has 3 rings (SSSR count). The van der Waals surface area contributed by atoms with Crippen molar-refractivity contribution >= 4 is 17.2 Å². The molecule has 0 bridgehead atoms. The fourth-order valence-corrected chi connectivity index (χ4v) is 3.77. The Kier molecular flexibility index (Phi) is 3.14. The molecule has 1 amide bonds. The van der Waals surface area contributed by atoms with E-state index in [0.717, 1.165) is 42.8 Å². The molecule has 1 N–H and O–H groups in total. The van der Waals surface area contributed by atoms with Crippen molar-refractivity contribution in [3.05, 3.63) is 16.1 Å². The van der Waals surface area contributed by atoms with Crippen LogP contribution in [0.3, 0.4) is 0 Å². The summed E-state index contributed by atoms with van der Waals surface area (Å²) in [5.41, 5.74) is 1.92. The largest absolute Gasteiger partial charge is 0.388 e. The molecular formula is C14H20N2O2S. The van der Waals surface area contributed by atoms with Gasteiger partial charge in [0.2, 0.25) is 0 Å². The normalized spacial score (nSPS) is 23.9. The lowest BCUT2D eigenvalue weighted by Crippen LogP contribution is -2.48. The zero-order valence-corrected chi connectivity index (χ0v) is 12.2. The summed E-state index contributed by atoms with van der Waals surface area (Å²) in [6, 6.07) is -0.0749. The van der Waals surface area contributed by atoms with Crippen LogP contribution in [0.1, 0.15) is 60.8 Å². The Hall–Kier alpha value is -0.940. The second kappa shape index (κ2) is 4.56. The molecule has 2 aliphatic rings. The molecule has 1 saturated heterocycles. The Morgan fingerprint density at radius 1 is 1.47 bits per heavy atom. The fraction of sp³-hybridized carbons (Fsp3) is 0.714.